The van der Waals surface area contributed by atoms with Gasteiger partial charge >= 0.3 is 0 Å². The number of nitrogens with zero attached hydrogens (tertiary/aromatic N) is 1. The topological polar surface area (TPSA) is 70.0 Å². The lowest BCUT2D eigenvalue weighted by atomic mass is 10.1. The van der Waals surface area contributed by atoms with E-state index >= 15 is 0 Å². The number of amides is 1. The van der Waals surface area contributed by atoms with Crippen LogP contribution in [0.4, 0.5) is 0 Å². The highest BCUT2D eigenvalue weighted by Gasteiger charge is 2.15. The van der Waals surface area contributed by atoms with E-state index in [1.54, 1.807) is 7.05 Å². The molecule has 0 fully saturated rings. The molecule has 0 aliphatic rings. The number of carbonyl (C=O) groups excluding carboxylic acids is 1. The molecule has 0 radical (unpaired) electrons. The number of alkyl halides is 1. The van der Waals surface area contributed by atoms with Gasteiger partial charge in [-0.15, -0.1) is 11.6 Å². The van der Waals surface area contributed by atoms with E-state index in [9.17, 15) is 9.90 Å². The quantitative estimate of drug-likeness (QED) is 0.608. The smallest absolute Gasteiger partial charge is 0.257 e. The van der Waals surface area contributed by atoms with E-state index in [1.165, 1.54) is 17.0 Å². The van der Waals surface area contributed by atoms with E-state index in [4.69, 9.17) is 21.4 Å². The third-order valence-corrected chi connectivity index (χ3v) is 2.51. The lowest BCUT2D eigenvalue weighted by Gasteiger charge is -2.17. The summed E-state index contributed by atoms with van der Waals surface area (Å²) in [6.45, 7) is 1.22. The van der Waals surface area contributed by atoms with Crippen LogP contribution in [0.25, 0.3) is 0 Å². The zero-order valence-corrected chi connectivity index (χ0v) is 10.9. The Morgan fingerprint density at radius 1 is 1.39 bits per heavy atom. The molecule has 0 unspecified atom stereocenters. The van der Waals surface area contributed by atoms with E-state index in [2.05, 4.69) is 0 Å². The van der Waals surface area contributed by atoms with Crippen LogP contribution >= 0.6 is 11.6 Å². The van der Waals surface area contributed by atoms with E-state index in [0.717, 1.165) is 6.07 Å². The number of likely N-dealkylation sites (N-methyl/N-ethyl adjacent to an activating group) is 1. The van der Waals surface area contributed by atoms with Crippen LogP contribution in [-0.4, -0.2) is 53.7 Å². The second-order valence-electron chi connectivity index (χ2n) is 3.73. The zero-order valence-electron chi connectivity index (χ0n) is 10.1. The van der Waals surface area contributed by atoms with Crippen molar-refractivity contribution < 1.29 is 19.7 Å². The van der Waals surface area contributed by atoms with Crippen LogP contribution in [0.3, 0.4) is 0 Å². The van der Waals surface area contributed by atoms with Crippen molar-refractivity contribution in [3.63, 3.8) is 0 Å². The standard InChI is InChI=1S/C12H16ClNO4/c1-14(5-7-18-6-4-13)12(17)10-3-2-9(15)8-11(10)16/h2-3,8,15-16H,4-7H2,1H3. The first kappa shape index (κ1) is 14.6. The Balaban J connectivity index is 2.57. The second kappa shape index (κ2) is 7.08. The minimum absolute atomic E-state index is 0.0860. The van der Waals surface area contributed by atoms with E-state index in [0.29, 0.717) is 25.6 Å². The molecule has 1 aromatic carbocycles. The highest BCUT2D eigenvalue weighted by Crippen LogP contribution is 2.23. The number of phenolic OH excluding ortho intramolecular Hbond substituents is 2. The molecule has 0 saturated carbocycles. The molecular weight excluding hydrogens is 258 g/mol. The number of carbonyl (C=O) groups is 1. The molecule has 0 aliphatic carbocycles. The maximum absolute atomic E-state index is 11.9. The van der Waals surface area contributed by atoms with Gasteiger partial charge in [-0.25, -0.2) is 0 Å². The van der Waals surface area contributed by atoms with Gasteiger partial charge in [0.1, 0.15) is 11.5 Å². The number of aromatic hydroxyl groups is 2. The molecule has 0 bridgehead atoms. The van der Waals surface area contributed by atoms with Crippen molar-refractivity contribution in [3.8, 4) is 11.5 Å². The van der Waals surface area contributed by atoms with Crippen LogP contribution in [-0.2, 0) is 4.74 Å². The predicted molar refractivity (Wildman–Crippen MR) is 68.3 cm³/mol. The Kier molecular flexibility index (Phi) is 5.74. The van der Waals surface area contributed by atoms with Crippen molar-refractivity contribution in [2.24, 2.45) is 0 Å². The number of benzene rings is 1. The Morgan fingerprint density at radius 3 is 2.72 bits per heavy atom. The molecule has 6 heteroatoms. The molecule has 2 N–H and O–H groups in total. The van der Waals surface area contributed by atoms with Crippen molar-refractivity contribution in [2.45, 2.75) is 0 Å². The number of hydrogen-bond acceptors (Lipinski definition) is 4. The molecule has 5 nitrogen and oxygen atoms in total. The summed E-state index contributed by atoms with van der Waals surface area (Å²) in [7, 11) is 1.61. The fourth-order valence-corrected chi connectivity index (χ4v) is 1.48. The fraction of sp³-hybridized carbons (Fsp3) is 0.417. The molecule has 0 spiro atoms. The number of phenols is 2. The summed E-state index contributed by atoms with van der Waals surface area (Å²) in [6, 6.07) is 3.86. The molecule has 1 amide bonds. The van der Waals surface area contributed by atoms with E-state index in [1.807, 2.05) is 0 Å². The van der Waals surface area contributed by atoms with Gasteiger partial charge in [-0.05, 0) is 12.1 Å². The van der Waals surface area contributed by atoms with Crippen LogP contribution < -0.4 is 0 Å². The van der Waals surface area contributed by atoms with Gasteiger partial charge in [0, 0.05) is 25.5 Å². The Hall–Kier alpha value is -1.46. The molecule has 1 rings (SSSR count). The van der Waals surface area contributed by atoms with Gasteiger partial charge < -0.3 is 19.8 Å². The first-order valence-corrected chi connectivity index (χ1v) is 6.01. The largest absolute Gasteiger partial charge is 0.508 e. The van der Waals surface area contributed by atoms with Gasteiger partial charge in [0.25, 0.3) is 5.91 Å². The molecule has 18 heavy (non-hydrogen) atoms. The van der Waals surface area contributed by atoms with Crippen LogP contribution in [0, 0.1) is 0 Å². The van der Waals surface area contributed by atoms with Crippen LogP contribution in [0.15, 0.2) is 18.2 Å². The van der Waals surface area contributed by atoms with Crippen LogP contribution in [0.5, 0.6) is 11.5 Å². The number of halogens is 1. The Morgan fingerprint density at radius 2 is 2.11 bits per heavy atom. The first-order valence-electron chi connectivity index (χ1n) is 5.47. The van der Waals surface area contributed by atoms with Gasteiger partial charge in [-0.1, -0.05) is 0 Å². The normalized spacial score (nSPS) is 10.3. The Bertz CT molecular complexity index is 411. The van der Waals surface area contributed by atoms with Gasteiger partial charge in [0.05, 0.1) is 18.8 Å². The third-order valence-electron chi connectivity index (χ3n) is 2.35. The van der Waals surface area contributed by atoms with E-state index < -0.39 is 0 Å². The number of rotatable bonds is 6. The van der Waals surface area contributed by atoms with Gasteiger partial charge in [-0.2, -0.15) is 0 Å². The molecule has 0 aliphatic heterocycles. The molecule has 0 heterocycles. The van der Waals surface area contributed by atoms with Crippen molar-refractivity contribution >= 4 is 17.5 Å². The van der Waals surface area contributed by atoms with Crippen LogP contribution in [0.1, 0.15) is 10.4 Å². The third kappa shape index (κ3) is 4.09. The van der Waals surface area contributed by atoms with Gasteiger partial charge in [0.2, 0.25) is 0 Å². The lowest BCUT2D eigenvalue weighted by Crippen LogP contribution is -2.30. The summed E-state index contributed by atoms with van der Waals surface area (Å²) in [5, 5.41) is 18.7. The van der Waals surface area contributed by atoms with Crippen molar-refractivity contribution in [1.29, 1.82) is 0 Å². The zero-order chi connectivity index (χ0) is 13.5. The van der Waals surface area contributed by atoms with Crippen molar-refractivity contribution in [1.82, 2.24) is 4.90 Å². The minimum atomic E-state index is -0.332. The van der Waals surface area contributed by atoms with Gasteiger partial charge in [-0.3, -0.25) is 4.79 Å². The average molecular weight is 274 g/mol. The molecule has 0 atom stereocenters. The monoisotopic (exact) mass is 273 g/mol. The predicted octanol–water partition coefficient (Wildman–Crippen LogP) is 1.43. The summed E-state index contributed by atoms with van der Waals surface area (Å²) < 4.78 is 5.16. The number of hydrogen-bond donors (Lipinski definition) is 2. The minimum Gasteiger partial charge on any atom is -0.508 e. The molecule has 0 aromatic heterocycles. The first-order chi connectivity index (χ1) is 8.56. The van der Waals surface area contributed by atoms with Crippen molar-refractivity contribution in [3.05, 3.63) is 23.8 Å². The summed E-state index contributed by atoms with van der Waals surface area (Å²) >= 11 is 5.45. The SMILES string of the molecule is CN(CCOCCCl)C(=O)c1ccc(O)cc1O. The molecule has 0 saturated heterocycles. The molecule has 100 valence electrons. The number of ether oxygens (including phenoxy) is 1. The maximum atomic E-state index is 11.9. The van der Waals surface area contributed by atoms with E-state index in [-0.39, 0.29) is 23.0 Å². The highest BCUT2D eigenvalue weighted by molar-refractivity contribution is 6.17. The molecular formula is C12H16ClNO4. The summed E-state index contributed by atoms with van der Waals surface area (Å²) in [4.78, 5) is 13.4. The summed E-state index contributed by atoms with van der Waals surface area (Å²) in [5.41, 5.74) is 0.146. The fourth-order valence-electron chi connectivity index (χ4n) is 1.37. The summed E-state index contributed by atoms with van der Waals surface area (Å²) in [6.07, 6.45) is 0. The second-order valence-corrected chi connectivity index (χ2v) is 4.11. The average Bonchev–Trinajstić information content (AvgIpc) is 2.33. The highest BCUT2D eigenvalue weighted by atomic mass is 35.5. The van der Waals surface area contributed by atoms with Crippen LogP contribution in [0.2, 0.25) is 0 Å². The Labute approximate surface area is 111 Å². The van der Waals surface area contributed by atoms with Crippen molar-refractivity contribution in [2.75, 3.05) is 32.7 Å². The lowest BCUT2D eigenvalue weighted by molar-refractivity contribution is 0.0709. The maximum Gasteiger partial charge on any atom is 0.257 e. The summed E-state index contributed by atoms with van der Waals surface area (Å²) in [5.74, 6) is -0.246. The molecule has 1 aromatic rings. The van der Waals surface area contributed by atoms with Gasteiger partial charge in [0.15, 0.2) is 0 Å².